The molecule has 0 radical (unpaired) electrons. The molecule has 8 heteroatoms. The summed E-state index contributed by atoms with van der Waals surface area (Å²) in [5.41, 5.74) is 6.67. The van der Waals surface area contributed by atoms with Gasteiger partial charge in [-0.05, 0) is 62.3 Å². The summed E-state index contributed by atoms with van der Waals surface area (Å²) in [4.78, 5) is 27.5. The lowest BCUT2D eigenvalue weighted by atomic mass is 10.1. The van der Waals surface area contributed by atoms with Crippen molar-refractivity contribution in [3.63, 3.8) is 0 Å². The highest BCUT2D eigenvalue weighted by atomic mass is 32.1. The van der Waals surface area contributed by atoms with Crippen molar-refractivity contribution in [2.45, 2.75) is 25.3 Å². The fraction of sp³-hybridized carbons (Fsp3) is 0.400. The van der Waals surface area contributed by atoms with Gasteiger partial charge >= 0.3 is 6.03 Å². The van der Waals surface area contributed by atoms with Crippen LogP contribution in [0.3, 0.4) is 0 Å². The third-order valence-corrected chi connectivity index (χ3v) is 5.90. The maximum Gasteiger partial charge on any atom is 0.317 e. The van der Waals surface area contributed by atoms with Crippen LogP contribution in [0.4, 0.5) is 9.80 Å². The Balaban J connectivity index is 1.84. The average molecular weight is 403 g/mol. The van der Waals surface area contributed by atoms with Crippen LogP contribution in [0, 0.1) is 0 Å². The van der Waals surface area contributed by atoms with Gasteiger partial charge in [0, 0.05) is 17.5 Å². The Morgan fingerprint density at radius 1 is 1.25 bits per heavy atom. The molecule has 3 amide bonds. The SMILES string of the molecule is COc1ccc(-c2cc(C(=O)N[C@H]3CCCCN(C)C3)c(NC(N)=O)s2)cc1. The highest BCUT2D eigenvalue weighted by Gasteiger charge is 2.22. The molecular formula is C20H26N4O3S. The van der Waals surface area contributed by atoms with Crippen LogP contribution in [0.2, 0.25) is 0 Å². The summed E-state index contributed by atoms with van der Waals surface area (Å²) in [5, 5.41) is 6.16. The summed E-state index contributed by atoms with van der Waals surface area (Å²) < 4.78 is 5.19. The normalized spacial score (nSPS) is 17.6. The van der Waals surface area contributed by atoms with Crippen LogP contribution in [-0.4, -0.2) is 50.1 Å². The molecule has 1 atom stereocenters. The third kappa shape index (κ3) is 5.02. The van der Waals surface area contributed by atoms with Crippen molar-refractivity contribution in [2.24, 2.45) is 5.73 Å². The number of likely N-dealkylation sites (tertiary alicyclic amines) is 1. The first-order valence-corrected chi connectivity index (χ1v) is 10.1. The van der Waals surface area contributed by atoms with Crippen LogP contribution in [0.5, 0.6) is 5.75 Å². The van der Waals surface area contributed by atoms with Crippen LogP contribution >= 0.6 is 11.3 Å². The quantitative estimate of drug-likeness (QED) is 0.716. The zero-order valence-electron chi connectivity index (χ0n) is 16.2. The number of nitrogens with two attached hydrogens (primary N) is 1. The summed E-state index contributed by atoms with van der Waals surface area (Å²) in [5.74, 6) is 0.561. The topological polar surface area (TPSA) is 96.7 Å². The van der Waals surface area contributed by atoms with Gasteiger partial charge in [-0.15, -0.1) is 11.3 Å². The van der Waals surface area contributed by atoms with Crippen LogP contribution in [0.1, 0.15) is 29.6 Å². The van der Waals surface area contributed by atoms with Gasteiger partial charge < -0.3 is 20.7 Å². The standard InChI is InChI=1S/C20H26N4O3S/c1-24-10-4-3-5-14(12-24)22-18(25)16-11-17(28-19(16)23-20(21)26)13-6-8-15(27-2)9-7-13/h6-9,11,14H,3-5,10,12H2,1-2H3,(H,22,25)(H3,21,23,26)/t14-/m0/s1. The highest BCUT2D eigenvalue weighted by Crippen LogP contribution is 2.36. The largest absolute Gasteiger partial charge is 0.497 e. The number of urea groups is 1. The van der Waals surface area contributed by atoms with E-state index in [2.05, 4.69) is 22.6 Å². The van der Waals surface area contributed by atoms with Crippen LogP contribution in [0.25, 0.3) is 10.4 Å². The Bertz CT molecular complexity index is 834. The molecule has 0 aliphatic carbocycles. The minimum Gasteiger partial charge on any atom is -0.497 e. The van der Waals surface area contributed by atoms with Crippen molar-refractivity contribution in [2.75, 3.05) is 32.6 Å². The first-order chi connectivity index (χ1) is 13.5. The molecule has 1 aliphatic heterocycles. The monoisotopic (exact) mass is 402 g/mol. The van der Waals surface area contributed by atoms with Gasteiger partial charge in [-0.2, -0.15) is 0 Å². The van der Waals surface area contributed by atoms with Crippen LogP contribution in [0.15, 0.2) is 30.3 Å². The van der Waals surface area contributed by atoms with E-state index < -0.39 is 6.03 Å². The minimum absolute atomic E-state index is 0.0887. The van der Waals surface area contributed by atoms with Gasteiger partial charge in [0.25, 0.3) is 5.91 Å². The maximum atomic E-state index is 12.9. The number of benzene rings is 1. The van der Waals surface area contributed by atoms with Crippen molar-refractivity contribution in [1.82, 2.24) is 10.2 Å². The number of ether oxygens (including phenoxy) is 1. The number of rotatable bonds is 5. The van der Waals surface area contributed by atoms with Crippen molar-refractivity contribution < 1.29 is 14.3 Å². The first kappa shape index (κ1) is 20.2. The number of nitrogens with one attached hydrogen (secondary N) is 2. The molecule has 1 aromatic carbocycles. The van der Waals surface area contributed by atoms with Gasteiger partial charge in [0.15, 0.2) is 0 Å². The molecule has 1 saturated heterocycles. The van der Waals surface area contributed by atoms with E-state index in [4.69, 9.17) is 10.5 Å². The molecule has 1 aromatic heterocycles. The van der Waals surface area contributed by atoms with Crippen molar-refractivity contribution in [3.8, 4) is 16.2 Å². The van der Waals surface area contributed by atoms with Crippen molar-refractivity contribution in [1.29, 1.82) is 0 Å². The van der Waals surface area contributed by atoms with Gasteiger partial charge in [0.1, 0.15) is 10.8 Å². The molecule has 150 valence electrons. The first-order valence-electron chi connectivity index (χ1n) is 9.30. The Morgan fingerprint density at radius 3 is 2.68 bits per heavy atom. The van der Waals surface area contributed by atoms with E-state index >= 15 is 0 Å². The number of carbonyl (C=O) groups excluding carboxylic acids is 2. The fourth-order valence-corrected chi connectivity index (χ4v) is 4.44. The van der Waals surface area contributed by atoms with Crippen molar-refractivity contribution >= 4 is 28.3 Å². The van der Waals surface area contributed by atoms with Crippen LogP contribution < -0.4 is 21.1 Å². The molecule has 0 spiro atoms. The van der Waals surface area contributed by atoms with E-state index in [1.54, 1.807) is 13.2 Å². The van der Waals surface area contributed by atoms with Gasteiger partial charge in [0.05, 0.1) is 12.7 Å². The molecular weight excluding hydrogens is 376 g/mol. The van der Waals surface area contributed by atoms with E-state index in [1.807, 2.05) is 24.3 Å². The number of anilines is 1. The van der Waals surface area contributed by atoms with Gasteiger partial charge in [-0.3, -0.25) is 10.1 Å². The van der Waals surface area contributed by atoms with Gasteiger partial charge in [-0.25, -0.2) is 4.79 Å². The summed E-state index contributed by atoms with van der Waals surface area (Å²) in [7, 11) is 3.68. The fourth-order valence-electron chi connectivity index (χ4n) is 3.37. The number of likely N-dealkylation sites (N-methyl/N-ethyl adjacent to an activating group) is 1. The molecule has 2 heterocycles. The smallest absolute Gasteiger partial charge is 0.317 e. The Hall–Kier alpha value is -2.58. The molecule has 7 nitrogen and oxygen atoms in total. The lowest BCUT2D eigenvalue weighted by Crippen LogP contribution is -2.41. The van der Waals surface area contributed by atoms with E-state index in [0.717, 1.165) is 48.5 Å². The molecule has 1 fully saturated rings. The predicted molar refractivity (Wildman–Crippen MR) is 112 cm³/mol. The number of methoxy groups -OCH3 is 1. The number of hydrogen-bond donors (Lipinski definition) is 3. The van der Waals surface area contributed by atoms with E-state index in [1.165, 1.54) is 11.3 Å². The number of amides is 3. The lowest BCUT2D eigenvalue weighted by Gasteiger charge is -2.21. The van der Waals surface area contributed by atoms with Gasteiger partial charge in [0.2, 0.25) is 0 Å². The second kappa shape index (κ2) is 9.07. The maximum absolute atomic E-state index is 12.9. The summed E-state index contributed by atoms with van der Waals surface area (Å²) in [6.07, 6.45) is 3.17. The second-order valence-corrected chi connectivity index (χ2v) is 8.05. The predicted octanol–water partition coefficient (Wildman–Crippen LogP) is 3.13. The lowest BCUT2D eigenvalue weighted by molar-refractivity contribution is 0.0930. The zero-order chi connectivity index (χ0) is 20.1. The summed E-state index contributed by atoms with van der Waals surface area (Å²) >= 11 is 1.33. The Kier molecular flexibility index (Phi) is 6.53. The number of nitrogens with zero attached hydrogens (tertiary/aromatic N) is 1. The van der Waals surface area contributed by atoms with E-state index in [0.29, 0.717) is 10.6 Å². The molecule has 0 bridgehead atoms. The van der Waals surface area contributed by atoms with Gasteiger partial charge in [-0.1, -0.05) is 6.42 Å². The highest BCUT2D eigenvalue weighted by molar-refractivity contribution is 7.20. The molecule has 4 N–H and O–H groups in total. The third-order valence-electron chi connectivity index (χ3n) is 4.80. The zero-order valence-corrected chi connectivity index (χ0v) is 17.0. The van der Waals surface area contributed by atoms with E-state index in [-0.39, 0.29) is 11.9 Å². The number of hydrogen-bond acceptors (Lipinski definition) is 5. The summed E-state index contributed by atoms with van der Waals surface area (Å²) in [6, 6.07) is 8.75. The number of primary amides is 1. The van der Waals surface area contributed by atoms with Crippen molar-refractivity contribution in [3.05, 3.63) is 35.9 Å². The molecule has 0 unspecified atom stereocenters. The molecule has 3 rings (SSSR count). The molecule has 1 aliphatic rings. The summed E-state index contributed by atoms with van der Waals surface area (Å²) in [6.45, 7) is 1.86. The Morgan fingerprint density at radius 2 is 2.00 bits per heavy atom. The Labute approximate surface area is 168 Å². The minimum atomic E-state index is -0.689. The number of thiophene rings is 1. The average Bonchev–Trinajstić information content (AvgIpc) is 2.97. The van der Waals surface area contributed by atoms with Crippen LogP contribution in [-0.2, 0) is 0 Å². The number of carbonyl (C=O) groups is 2. The molecule has 28 heavy (non-hydrogen) atoms. The second-order valence-electron chi connectivity index (χ2n) is 7.00. The molecule has 0 saturated carbocycles. The van der Waals surface area contributed by atoms with E-state index in [9.17, 15) is 9.59 Å². The molecule has 2 aromatic rings.